The van der Waals surface area contributed by atoms with Gasteiger partial charge >= 0.3 is 6.18 Å². The van der Waals surface area contributed by atoms with E-state index in [2.05, 4.69) is 9.97 Å². The van der Waals surface area contributed by atoms with Gasteiger partial charge in [-0.3, -0.25) is 0 Å². The monoisotopic (exact) mass is 304 g/mol. The molecule has 2 N–H and O–H groups in total. The molecular formula is C13H19F3N4O. The Morgan fingerprint density at radius 3 is 2.86 bits per heavy atom. The van der Waals surface area contributed by atoms with Gasteiger partial charge in [-0.25, -0.2) is 9.97 Å². The summed E-state index contributed by atoms with van der Waals surface area (Å²) in [6.07, 6.45) is -1.92. The van der Waals surface area contributed by atoms with Crippen LogP contribution < -0.4 is 10.6 Å². The first-order chi connectivity index (χ1) is 9.90. The highest BCUT2D eigenvalue weighted by Gasteiger charge is 2.36. The molecule has 0 saturated carbocycles. The molecule has 1 aromatic rings. The number of ether oxygens (including phenoxy) is 1. The molecule has 0 aromatic carbocycles. The van der Waals surface area contributed by atoms with Gasteiger partial charge in [0, 0.05) is 25.8 Å². The van der Waals surface area contributed by atoms with Crippen LogP contribution in [-0.4, -0.2) is 35.8 Å². The maximum Gasteiger partial charge on any atom is 0.451 e. The lowest BCUT2D eigenvalue weighted by atomic mass is 10.1. The number of hydrogen-bond acceptors (Lipinski definition) is 5. The zero-order valence-corrected chi connectivity index (χ0v) is 11.9. The maximum atomic E-state index is 12.7. The van der Waals surface area contributed by atoms with Crippen LogP contribution >= 0.6 is 0 Å². The number of anilines is 2. The van der Waals surface area contributed by atoms with Gasteiger partial charge in [0.25, 0.3) is 0 Å². The molecule has 1 atom stereocenters. The van der Waals surface area contributed by atoms with Crippen LogP contribution in [0.4, 0.5) is 24.8 Å². The molecule has 21 heavy (non-hydrogen) atoms. The van der Waals surface area contributed by atoms with E-state index in [1.165, 1.54) is 6.07 Å². The molecular weight excluding hydrogens is 285 g/mol. The summed E-state index contributed by atoms with van der Waals surface area (Å²) < 4.78 is 43.9. The third-order valence-corrected chi connectivity index (χ3v) is 3.25. The molecule has 0 amide bonds. The van der Waals surface area contributed by atoms with Crippen molar-refractivity contribution in [1.29, 1.82) is 0 Å². The number of alkyl halides is 3. The van der Waals surface area contributed by atoms with Gasteiger partial charge in [-0.2, -0.15) is 13.2 Å². The van der Waals surface area contributed by atoms with E-state index >= 15 is 0 Å². The van der Waals surface area contributed by atoms with Gasteiger partial charge in [-0.05, 0) is 19.3 Å². The number of nitrogens with zero attached hydrogens (tertiary/aromatic N) is 3. The standard InChI is InChI=1S/C13H19F3N4O/c1-2-6-21-9-4-3-5-20(8-9)11-7-10(17)18-12(19-11)13(14,15)16/h7,9H,2-6,8H2,1H3,(H2,17,18,19). The van der Waals surface area contributed by atoms with Gasteiger partial charge in [0.15, 0.2) is 0 Å². The zero-order valence-electron chi connectivity index (χ0n) is 11.9. The van der Waals surface area contributed by atoms with Crippen molar-refractivity contribution in [3.8, 4) is 0 Å². The van der Waals surface area contributed by atoms with E-state index < -0.39 is 12.0 Å². The van der Waals surface area contributed by atoms with Crippen LogP contribution in [0.1, 0.15) is 32.0 Å². The number of nitrogens with two attached hydrogens (primary N) is 1. The lowest BCUT2D eigenvalue weighted by Crippen LogP contribution is -2.40. The number of aromatic nitrogens is 2. The minimum atomic E-state index is -4.60. The summed E-state index contributed by atoms with van der Waals surface area (Å²) in [6.45, 7) is 3.83. The Labute approximate surface area is 121 Å². The van der Waals surface area contributed by atoms with Crippen molar-refractivity contribution in [2.24, 2.45) is 0 Å². The van der Waals surface area contributed by atoms with Crippen molar-refractivity contribution in [2.45, 2.75) is 38.5 Å². The molecule has 0 spiro atoms. The molecule has 0 aliphatic carbocycles. The van der Waals surface area contributed by atoms with Crippen LogP contribution in [0.15, 0.2) is 6.07 Å². The molecule has 118 valence electrons. The largest absolute Gasteiger partial charge is 0.451 e. The average Bonchev–Trinajstić information content (AvgIpc) is 2.44. The maximum absolute atomic E-state index is 12.7. The highest BCUT2D eigenvalue weighted by atomic mass is 19.4. The smallest absolute Gasteiger partial charge is 0.384 e. The van der Waals surface area contributed by atoms with Gasteiger partial charge in [-0.1, -0.05) is 6.92 Å². The fraction of sp³-hybridized carbons (Fsp3) is 0.692. The van der Waals surface area contributed by atoms with Crippen LogP contribution in [0.25, 0.3) is 0 Å². The number of hydrogen-bond donors (Lipinski definition) is 1. The second-order valence-electron chi connectivity index (χ2n) is 5.05. The summed E-state index contributed by atoms with van der Waals surface area (Å²) in [5, 5.41) is 0. The van der Waals surface area contributed by atoms with Crippen LogP contribution in [0, 0.1) is 0 Å². The Morgan fingerprint density at radius 2 is 2.19 bits per heavy atom. The second kappa shape index (κ2) is 6.46. The van der Waals surface area contributed by atoms with Crippen molar-refractivity contribution in [3.05, 3.63) is 11.9 Å². The van der Waals surface area contributed by atoms with Crippen molar-refractivity contribution in [2.75, 3.05) is 30.3 Å². The van der Waals surface area contributed by atoms with E-state index in [1.807, 2.05) is 6.92 Å². The molecule has 1 unspecified atom stereocenters. The molecule has 8 heteroatoms. The van der Waals surface area contributed by atoms with Crippen LogP contribution in [0.2, 0.25) is 0 Å². The SMILES string of the molecule is CCCOC1CCCN(c2cc(N)nc(C(F)(F)F)n2)C1. The molecule has 2 heterocycles. The summed E-state index contributed by atoms with van der Waals surface area (Å²) in [4.78, 5) is 8.62. The van der Waals surface area contributed by atoms with Crippen LogP contribution in [0.3, 0.4) is 0 Å². The summed E-state index contributed by atoms with van der Waals surface area (Å²) in [5.74, 6) is -1.17. The summed E-state index contributed by atoms with van der Waals surface area (Å²) in [5.41, 5.74) is 5.47. The van der Waals surface area contributed by atoms with E-state index in [-0.39, 0.29) is 17.7 Å². The summed E-state index contributed by atoms with van der Waals surface area (Å²) in [6, 6.07) is 1.37. The molecule has 5 nitrogen and oxygen atoms in total. The Bertz CT molecular complexity index is 481. The first-order valence-corrected chi connectivity index (χ1v) is 6.98. The number of rotatable bonds is 4. The predicted octanol–water partition coefficient (Wildman–Crippen LogP) is 2.47. The Kier molecular flexibility index (Phi) is 4.87. The minimum Gasteiger partial charge on any atom is -0.384 e. The van der Waals surface area contributed by atoms with E-state index in [1.54, 1.807) is 4.90 Å². The molecule has 2 rings (SSSR count). The quantitative estimate of drug-likeness (QED) is 0.926. The number of nitrogen functional groups attached to an aromatic ring is 1. The molecule has 0 radical (unpaired) electrons. The van der Waals surface area contributed by atoms with Crippen molar-refractivity contribution in [3.63, 3.8) is 0 Å². The first-order valence-electron chi connectivity index (χ1n) is 6.98. The van der Waals surface area contributed by atoms with Crippen LogP contribution in [-0.2, 0) is 10.9 Å². The molecule has 0 bridgehead atoms. The lowest BCUT2D eigenvalue weighted by Gasteiger charge is -2.33. The van der Waals surface area contributed by atoms with E-state index in [9.17, 15) is 13.2 Å². The highest BCUT2D eigenvalue weighted by molar-refractivity contribution is 5.47. The van der Waals surface area contributed by atoms with Gasteiger partial charge < -0.3 is 15.4 Å². The molecule has 1 aromatic heterocycles. The van der Waals surface area contributed by atoms with Crippen molar-refractivity contribution in [1.82, 2.24) is 9.97 Å². The van der Waals surface area contributed by atoms with E-state index in [0.717, 1.165) is 19.3 Å². The van der Waals surface area contributed by atoms with Crippen LogP contribution in [0.5, 0.6) is 0 Å². The second-order valence-corrected chi connectivity index (χ2v) is 5.05. The topological polar surface area (TPSA) is 64.3 Å². The normalized spacial score (nSPS) is 19.8. The van der Waals surface area contributed by atoms with E-state index in [4.69, 9.17) is 10.5 Å². The first kappa shape index (κ1) is 15.8. The Balaban J connectivity index is 2.15. The van der Waals surface area contributed by atoms with Crippen molar-refractivity contribution >= 4 is 11.6 Å². The minimum absolute atomic E-state index is 0.0178. The third-order valence-electron chi connectivity index (χ3n) is 3.25. The number of halogens is 3. The number of piperidine rings is 1. The zero-order chi connectivity index (χ0) is 15.5. The average molecular weight is 304 g/mol. The van der Waals surface area contributed by atoms with Gasteiger partial charge in [0.2, 0.25) is 5.82 Å². The Hall–Kier alpha value is -1.57. The lowest BCUT2D eigenvalue weighted by molar-refractivity contribution is -0.144. The molecule has 1 saturated heterocycles. The third kappa shape index (κ3) is 4.20. The van der Waals surface area contributed by atoms with E-state index in [0.29, 0.717) is 19.7 Å². The summed E-state index contributed by atoms with van der Waals surface area (Å²) in [7, 11) is 0. The highest BCUT2D eigenvalue weighted by Crippen LogP contribution is 2.29. The summed E-state index contributed by atoms with van der Waals surface area (Å²) >= 11 is 0. The molecule has 1 fully saturated rings. The molecule has 1 aliphatic rings. The molecule has 1 aliphatic heterocycles. The predicted molar refractivity (Wildman–Crippen MR) is 72.9 cm³/mol. The van der Waals surface area contributed by atoms with Crippen molar-refractivity contribution < 1.29 is 17.9 Å². The fourth-order valence-corrected chi connectivity index (χ4v) is 2.31. The fourth-order valence-electron chi connectivity index (χ4n) is 2.31. The van der Waals surface area contributed by atoms with Gasteiger partial charge in [-0.15, -0.1) is 0 Å². The van der Waals surface area contributed by atoms with Gasteiger partial charge in [0.05, 0.1) is 6.10 Å². The van der Waals surface area contributed by atoms with Gasteiger partial charge in [0.1, 0.15) is 11.6 Å². The Morgan fingerprint density at radius 1 is 1.43 bits per heavy atom.